The highest BCUT2D eigenvalue weighted by Crippen LogP contribution is 2.31. The Morgan fingerprint density at radius 1 is 1.48 bits per heavy atom. The first kappa shape index (κ1) is 15.6. The number of rotatable bonds is 5. The molecule has 1 aromatic heterocycles. The van der Waals surface area contributed by atoms with Crippen LogP contribution in [-0.4, -0.2) is 41.0 Å². The van der Waals surface area contributed by atoms with Crippen molar-refractivity contribution in [3.05, 3.63) is 24.2 Å². The lowest BCUT2D eigenvalue weighted by molar-refractivity contribution is -0.151. The van der Waals surface area contributed by atoms with E-state index < -0.39 is 11.4 Å². The number of furan rings is 1. The van der Waals surface area contributed by atoms with E-state index in [9.17, 15) is 14.7 Å². The zero-order chi connectivity index (χ0) is 15.5. The molecule has 0 saturated carbocycles. The molecule has 0 aliphatic carbocycles. The Bertz CT molecular complexity index is 490. The van der Waals surface area contributed by atoms with Crippen LogP contribution in [0.3, 0.4) is 0 Å². The quantitative estimate of drug-likeness (QED) is 0.859. The third-order valence-electron chi connectivity index (χ3n) is 4.36. The number of likely N-dealkylation sites (tertiary alicyclic amines) is 1. The molecule has 0 bridgehead atoms. The van der Waals surface area contributed by atoms with Crippen LogP contribution in [0.15, 0.2) is 22.8 Å². The van der Waals surface area contributed by atoms with Crippen LogP contribution in [0.1, 0.15) is 32.4 Å². The van der Waals surface area contributed by atoms with E-state index in [0.29, 0.717) is 38.2 Å². The fraction of sp³-hybridized carbons (Fsp3) is 0.600. The predicted molar refractivity (Wildman–Crippen MR) is 76.6 cm³/mol. The van der Waals surface area contributed by atoms with Gasteiger partial charge < -0.3 is 14.8 Å². The zero-order valence-electron chi connectivity index (χ0n) is 12.5. The number of aliphatic carboxylic acids is 1. The van der Waals surface area contributed by atoms with Gasteiger partial charge in [-0.25, -0.2) is 0 Å². The van der Waals surface area contributed by atoms with Gasteiger partial charge in [0.05, 0.1) is 24.3 Å². The minimum absolute atomic E-state index is 0.0645. The SMILES string of the molecule is CC(C(=O)NCc1ccco1)N1CCC(C)(C(=O)O)CC1. The smallest absolute Gasteiger partial charge is 0.309 e. The summed E-state index contributed by atoms with van der Waals surface area (Å²) < 4.78 is 5.17. The Morgan fingerprint density at radius 2 is 2.14 bits per heavy atom. The van der Waals surface area contributed by atoms with E-state index in [2.05, 4.69) is 5.32 Å². The topological polar surface area (TPSA) is 82.8 Å². The average molecular weight is 294 g/mol. The number of carboxylic acids is 1. The number of hydrogen-bond donors (Lipinski definition) is 2. The Morgan fingerprint density at radius 3 is 2.67 bits per heavy atom. The molecule has 21 heavy (non-hydrogen) atoms. The van der Waals surface area contributed by atoms with Gasteiger partial charge in [-0.1, -0.05) is 0 Å². The van der Waals surface area contributed by atoms with Crippen LogP contribution >= 0.6 is 0 Å². The monoisotopic (exact) mass is 294 g/mol. The molecule has 2 rings (SSSR count). The molecular weight excluding hydrogens is 272 g/mol. The number of amides is 1. The van der Waals surface area contributed by atoms with Crippen molar-refractivity contribution < 1.29 is 19.1 Å². The molecule has 1 fully saturated rings. The van der Waals surface area contributed by atoms with E-state index in [4.69, 9.17) is 4.42 Å². The summed E-state index contributed by atoms with van der Waals surface area (Å²) in [5.74, 6) is -0.102. The Kier molecular flexibility index (Phi) is 4.67. The number of carbonyl (C=O) groups is 2. The summed E-state index contributed by atoms with van der Waals surface area (Å²) in [6, 6.07) is 3.32. The second-order valence-electron chi connectivity index (χ2n) is 5.87. The summed E-state index contributed by atoms with van der Waals surface area (Å²) in [4.78, 5) is 25.4. The van der Waals surface area contributed by atoms with Crippen LogP contribution in [0.5, 0.6) is 0 Å². The van der Waals surface area contributed by atoms with Gasteiger partial charge in [0.25, 0.3) is 0 Å². The molecule has 6 nitrogen and oxygen atoms in total. The fourth-order valence-corrected chi connectivity index (χ4v) is 2.52. The van der Waals surface area contributed by atoms with Crippen LogP contribution in [-0.2, 0) is 16.1 Å². The molecule has 1 unspecified atom stereocenters. The van der Waals surface area contributed by atoms with Gasteiger partial charge in [-0.3, -0.25) is 14.5 Å². The molecule has 1 aromatic rings. The molecule has 0 spiro atoms. The van der Waals surface area contributed by atoms with Crippen LogP contribution < -0.4 is 5.32 Å². The first-order chi connectivity index (χ1) is 9.92. The number of nitrogens with one attached hydrogen (secondary N) is 1. The number of nitrogens with zero attached hydrogens (tertiary/aromatic N) is 1. The second kappa shape index (κ2) is 6.30. The molecule has 6 heteroatoms. The lowest BCUT2D eigenvalue weighted by atomic mass is 9.80. The minimum Gasteiger partial charge on any atom is -0.481 e. The van der Waals surface area contributed by atoms with Crippen LogP contribution in [0.4, 0.5) is 0 Å². The summed E-state index contributed by atoms with van der Waals surface area (Å²) in [6.07, 6.45) is 2.71. The lowest BCUT2D eigenvalue weighted by Gasteiger charge is -2.38. The van der Waals surface area contributed by atoms with E-state index in [1.165, 1.54) is 0 Å². The maximum absolute atomic E-state index is 12.1. The molecule has 1 amide bonds. The van der Waals surface area contributed by atoms with Crippen LogP contribution in [0.2, 0.25) is 0 Å². The molecule has 2 N–H and O–H groups in total. The van der Waals surface area contributed by atoms with E-state index in [0.717, 1.165) is 0 Å². The Hall–Kier alpha value is -1.82. The molecule has 116 valence electrons. The molecule has 0 aromatic carbocycles. The highest BCUT2D eigenvalue weighted by molar-refractivity contribution is 5.81. The summed E-state index contributed by atoms with van der Waals surface area (Å²) in [5, 5.41) is 12.0. The van der Waals surface area contributed by atoms with Crippen molar-refractivity contribution >= 4 is 11.9 Å². The summed E-state index contributed by atoms with van der Waals surface area (Å²) >= 11 is 0. The maximum Gasteiger partial charge on any atom is 0.309 e. The number of carbonyl (C=O) groups excluding carboxylic acids is 1. The molecule has 1 aliphatic rings. The highest BCUT2D eigenvalue weighted by Gasteiger charge is 2.38. The number of carboxylic acid groups (broad SMARTS) is 1. The Balaban J connectivity index is 1.82. The van der Waals surface area contributed by atoms with Gasteiger partial charge in [-0.2, -0.15) is 0 Å². The van der Waals surface area contributed by atoms with E-state index in [-0.39, 0.29) is 11.9 Å². The van der Waals surface area contributed by atoms with Crippen molar-refractivity contribution in [3.8, 4) is 0 Å². The fourth-order valence-electron chi connectivity index (χ4n) is 2.52. The van der Waals surface area contributed by atoms with Gasteiger partial charge in [0.1, 0.15) is 5.76 Å². The van der Waals surface area contributed by atoms with E-state index in [1.807, 2.05) is 17.9 Å². The first-order valence-electron chi connectivity index (χ1n) is 7.20. The van der Waals surface area contributed by atoms with Crippen LogP contribution in [0, 0.1) is 5.41 Å². The van der Waals surface area contributed by atoms with Crippen LogP contribution in [0.25, 0.3) is 0 Å². The van der Waals surface area contributed by atoms with Gasteiger partial charge in [-0.15, -0.1) is 0 Å². The zero-order valence-corrected chi connectivity index (χ0v) is 12.5. The van der Waals surface area contributed by atoms with Gasteiger partial charge >= 0.3 is 5.97 Å². The molecule has 1 saturated heterocycles. The van der Waals surface area contributed by atoms with Gasteiger partial charge in [-0.05, 0) is 51.9 Å². The van der Waals surface area contributed by atoms with E-state index in [1.54, 1.807) is 19.3 Å². The van der Waals surface area contributed by atoms with Crippen molar-refractivity contribution in [2.45, 2.75) is 39.3 Å². The summed E-state index contributed by atoms with van der Waals surface area (Å²) in [6.45, 7) is 5.24. The molecule has 1 atom stereocenters. The average Bonchev–Trinajstić information content (AvgIpc) is 2.98. The van der Waals surface area contributed by atoms with Crippen molar-refractivity contribution in [3.63, 3.8) is 0 Å². The Labute approximate surface area is 124 Å². The normalized spacial score (nSPS) is 19.9. The first-order valence-corrected chi connectivity index (χ1v) is 7.20. The largest absolute Gasteiger partial charge is 0.481 e. The third-order valence-corrected chi connectivity index (χ3v) is 4.36. The summed E-state index contributed by atoms with van der Waals surface area (Å²) in [7, 11) is 0. The van der Waals surface area contributed by atoms with Gasteiger partial charge in [0, 0.05) is 0 Å². The predicted octanol–water partition coefficient (Wildman–Crippen LogP) is 1.47. The van der Waals surface area contributed by atoms with Gasteiger partial charge in [0.2, 0.25) is 5.91 Å². The number of piperidine rings is 1. The van der Waals surface area contributed by atoms with Crippen molar-refractivity contribution in [1.29, 1.82) is 0 Å². The number of hydrogen-bond acceptors (Lipinski definition) is 4. The standard InChI is InChI=1S/C15H22N2O4/c1-11(13(18)16-10-12-4-3-9-21-12)17-7-5-15(2,6-8-17)14(19)20/h3-4,9,11H,5-8,10H2,1-2H3,(H,16,18)(H,19,20). The van der Waals surface area contributed by atoms with Crippen molar-refractivity contribution in [1.82, 2.24) is 10.2 Å². The minimum atomic E-state index is -0.753. The third kappa shape index (κ3) is 3.64. The second-order valence-corrected chi connectivity index (χ2v) is 5.87. The molecular formula is C15H22N2O4. The molecule has 1 aliphatic heterocycles. The van der Waals surface area contributed by atoms with E-state index >= 15 is 0 Å². The maximum atomic E-state index is 12.1. The van der Waals surface area contributed by atoms with Crippen molar-refractivity contribution in [2.24, 2.45) is 5.41 Å². The molecule has 0 radical (unpaired) electrons. The molecule has 2 heterocycles. The highest BCUT2D eigenvalue weighted by atomic mass is 16.4. The van der Waals surface area contributed by atoms with Gasteiger partial charge in [0.15, 0.2) is 0 Å². The van der Waals surface area contributed by atoms with Crippen molar-refractivity contribution in [2.75, 3.05) is 13.1 Å². The lowest BCUT2D eigenvalue weighted by Crippen LogP contribution is -2.51. The summed E-state index contributed by atoms with van der Waals surface area (Å²) in [5.41, 5.74) is -0.666.